The molecular formula is C14H19N5O. The van der Waals surface area contributed by atoms with Gasteiger partial charge in [0.2, 0.25) is 0 Å². The van der Waals surface area contributed by atoms with Gasteiger partial charge in [-0.1, -0.05) is 37.2 Å². The molecule has 0 fully saturated rings. The minimum atomic E-state index is 0.107. The second kappa shape index (κ2) is 6.18. The fourth-order valence-electron chi connectivity index (χ4n) is 2.02. The Morgan fingerprint density at radius 1 is 1.35 bits per heavy atom. The maximum atomic E-state index is 8.72. The average molecular weight is 273 g/mol. The fraction of sp³-hybridized carbons (Fsp3) is 0.357. The summed E-state index contributed by atoms with van der Waals surface area (Å²) in [7, 11) is 0. The molecule has 3 N–H and O–H groups in total. The maximum Gasteiger partial charge on any atom is 0.170 e. The second-order valence-corrected chi connectivity index (χ2v) is 4.49. The number of aryl methyl sites for hydroxylation is 2. The van der Waals surface area contributed by atoms with Gasteiger partial charge in [-0.25, -0.2) is 9.67 Å². The maximum absolute atomic E-state index is 8.72. The number of benzene rings is 1. The van der Waals surface area contributed by atoms with Crippen LogP contribution < -0.4 is 5.73 Å². The SMILES string of the molecule is CCc1nc(CC)n(Cc2cccc(C(N)=NO)c2)n1. The van der Waals surface area contributed by atoms with Gasteiger partial charge in [-0.05, 0) is 11.6 Å². The molecule has 0 bridgehead atoms. The summed E-state index contributed by atoms with van der Waals surface area (Å²) in [6.07, 6.45) is 1.66. The van der Waals surface area contributed by atoms with Crippen molar-refractivity contribution in [3.63, 3.8) is 0 Å². The van der Waals surface area contributed by atoms with Gasteiger partial charge in [0.25, 0.3) is 0 Å². The first kappa shape index (κ1) is 14.0. The number of rotatable bonds is 5. The van der Waals surface area contributed by atoms with Gasteiger partial charge >= 0.3 is 0 Å². The molecule has 0 saturated carbocycles. The minimum absolute atomic E-state index is 0.107. The van der Waals surface area contributed by atoms with E-state index in [2.05, 4.69) is 22.2 Å². The molecule has 0 aliphatic carbocycles. The number of hydrogen-bond acceptors (Lipinski definition) is 4. The molecule has 0 radical (unpaired) electrons. The van der Waals surface area contributed by atoms with E-state index in [9.17, 15) is 0 Å². The van der Waals surface area contributed by atoms with Gasteiger partial charge in [0.15, 0.2) is 11.7 Å². The zero-order valence-corrected chi connectivity index (χ0v) is 11.7. The number of hydrogen-bond donors (Lipinski definition) is 2. The van der Waals surface area contributed by atoms with E-state index < -0.39 is 0 Å². The van der Waals surface area contributed by atoms with Crippen LogP contribution in [0, 0.1) is 0 Å². The van der Waals surface area contributed by atoms with Gasteiger partial charge in [-0.15, -0.1) is 0 Å². The van der Waals surface area contributed by atoms with Crippen LogP contribution in [0.1, 0.15) is 36.6 Å². The third-order valence-corrected chi connectivity index (χ3v) is 3.09. The van der Waals surface area contributed by atoms with Crippen molar-refractivity contribution in [3.8, 4) is 0 Å². The smallest absolute Gasteiger partial charge is 0.170 e. The molecule has 1 aromatic carbocycles. The Kier molecular flexibility index (Phi) is 4.34. The van der Waals surface area contributed by atoms with Crippen LogP contribution >= 0.6 is 0 Å². The third-order valence-electron chi connectivity index (χ3n) is 3.09. The van der Waals surface area contributed by atoms with Crippen LogP contribution in [0.4, 0.5) is 0 Å². The highest BCUT2D eigenvalue weighted by atomic mass is 16.4. The van der Waals surface area contributed by atoms with Crippen molar-refractivity contribution in [1.29, 1.82) is 0 Å². The molecular weight excluding hydrogens is 254 g/mol. The number of nitrogens with two attached hydrogens (primary N) is 1. The molecule has 2 rings (SSSR count). The molecule has 20 heavy (non-hydrogen) atoms. The van der Waals surface area contributed by atoms with Crippen molar-refractivity contribution in [2.24, 2.45) is 10.9 Å². The van der Waals surface area contributed by atoms with E-state index in [-0.39, 0.29) is 5.84 Å². The number of aromatic nitrogens is 3. The van der Waals surface area contributed by atoms with Crippen LogP contribution in [0.25, 0.3) is 0 Å². The van der Waals surface area contributed by atoms with Crippen LogP contribution in [0.5, 0.6) is 0 Å². The molecule has 0 atom stereocenters. The summed E-state index contributed by atoms with van der Waals surface area (Å²) >= 11 is 0. The summed E-state index contributed by atoms with van der Waals surface area (Å²) in [4.78, 5) is 4.48. The average Bonchev–Trinajstić information content (AvgIpc) is 2.88. The topological polar surface area (TPSA) is 89.3 Å². The van der Waals surface area contributed by atoms with E-state index in [1.54, 1.807) is 6.07 Å². The highest BCUT2D eigenvalue weighted by Gasteiger charge is 2.08. The van der Waals surface area contributed by atoms with Crippen LogP contribution in [-0.4, -0.2) is 25.8 Å². The Balaban J connectivity index is 2.28. The van der Waals surface area contributed by atoms with Crippen LogP contribution in [0.2, 0.25) is 0 Å². The lowest BCUT2D eigenvalue weighted by atomic mass is 10.1. The molecule has 1 aromatic heterocycles. The Hall–Kier alpha value is -2.37. The monoisotopic (exact) mass is 273 g/mol. The Morgan fingerprint density at radius 2 is 2.15 bits per heavy atom. The van der Waals surface area contributed by atoms with Crippen molar-refractivity contribution < 1.29 is 5.21 Å². The number of amidine groups is 1. The standard InChI is InChI=1S/C14H19N5O/c1-3-12-16-13(4-2)19(17-12)9-10-6-5-7-11(8-10)14(15)18-20/h5-8,20H,3-4,9H2,1-2H3,(H2,15,18). The summed E-state index contributed by atoms with van der Waals surface area (Å²) in [6, 6.07) is 7.56. The van der Waals surface area contributed by atoms with Gasteiger partial charge in [0.1, 0.15) is 5.82 Å². The van der Waals surface area contributed by atoms with Crippen LogP contribution in [-0.2, 0) is 19.4 Å². The first-order valence-electron chi connectivity index (χ1n) is 6.67. The van der Waals surface area contributed by atoms with Crippen molar-refractivity contribution in [3.05, 3.63) is 47.0 Å². The van der Waals surface area contributed by atoms with E-state index >= 15 is 0 Å². The van der Waals surface area contributed by atoms with E-state index in [4.69, 9.17) is 10.9 Å². The molecule has 106 valence electrons. The zero-order valence-electron chi connectivity index (χ0n) is 11.7. The first-order chi connectivity index (χ1) is 9.67. The van der Waals surface area contributed by atoms with Crippen molar-refractivity contribution in [1.82, 2.24) is 14.8 Å². The van der Waals surface area contributed by atoms with Crippen LogP contribution in [0.3, 0.4) is 0 Å². The van der Waals surface area contributed by atoms with Crippen molar-refractivity contribution in [2.45, 2.75) is 33.2 Å². The summed E-state index contributed by atoms with van der Waals surface area (Å²) in [5.41, 5.74) is 7.34. The predicted molar refractivity (Wildman–Crippen MR) is 76.8 cm³/mol. The largest absolute Gasteiger partial charge is 0.409 e. The molecule has 0 unspecified atom stereocenters. The highest BCUT2D eigenvalue weighted by molar-refractivity contribution is 5.97. The van der Waals surface area contributed by atoms with E-state index in [0.717, 1.165) is 30.1 Å². The fourth-order valence-corrected chi connectivity index (χ4v) is 2.02. The van der Waals surface area contributed by atoms with E-state index in [1.807, 2.05) is 29.8 Å². The normalized spacial score (nSPS) is 11.8. The van der Waals surface area contributed by atoms with Gasteiger partial charge < -0.3 is 10.9 Å². The Labute approximate surface area is 117 Å². The van der Waals surface area contributed by atoms with Gasteiger partial charge in [-0.2, -0.15) is 5.10 Å². The molecule has 0 amide bonds. The van der Waals surface area contributed by atoms with Gasteiger partial charge in [-0.3, -0.25) is 0 Å². The zero-order chi connectivity index (χ0) is 14.5. The first-order valence-corrected chi connectivity index (χ1v) is 6.67. The third kappa shape index (κ3) is 2.96. The van der Waals surface area contributed by atoms with E-state index in [1.165, 1.54) is 0 Å². The van der Waals surface area contributed by atoms with Gasteiger partial charge in [0.05, 0.1) is 6.54 Å². The summed E-state index contributed by atoms with van der Waals surface area (Å²) in [5.74, 6) is 1.93. The lowest BCUT2D eigenvalue weighted by molar-refractivity contribution is 0.318. The molecule has 0 aliphatic rings. The van der Waals surface area contributed by atoms with Gasteiger partial charge in [0, 0.05) is 18.4 Å². The summed E-state index contributed by atoms with van der Waals surface area (Å²) in [6.45, 7) is 4.73. The molecule has 1 heterocycles. The molecule has 6 nitrogen and oxygen atoms in total. The van der Waals surface area contributed by atoms with Crippen LogP contribution in [0.15, 0.2) is 29.4 Å². The van der Waals surface area contributed by atoms with E-state index in [0.29, 0.717) is 12.1 Å². The molecule has 2 aromatic rings. The molecule has 0 saturated heterocycles. The Morgan fingerprint density at radius 3 is 2.80 bits per heavy atom. The predicted octanol–water partition coefficient (Wildman–Crippen LogP) is 1.55. The Bertz CT molecular complexity index is 618. The lowest BCUT2D eigenvalue weighted by Crippen LogP contribution is -2.14. The highest BCUT2D eigenvalue weighted by Crippen LogP contribution is 2.09. The quantitative estimate of drug-likeness (QED) is 0.374. The molecule has 6 heteroatoms. The number of oxime groups is 1. The lowest BCUT2D eigenvalue weighted by Gasteiger charge is -2.06. The summed E-state index contributed by atoms with van der Waals surface area (Å²) in [5, 5.41) is 16.2. The molecule has 0 aliphatic heterocycles. The van der Waals surface area contributed by atoms with Crippen molar-refractivity contribution in [2.75, 3.05) is 0 Å². The molecule has 0 spiro atoms. The number of nitrogens with zero attached hydrogens (tertiary/aromatic N) is 4. The minimum Gasteiger partial charge on any atom is -0.409 e. The van der Waals surface area contributed by atoms with Crippen molar-refractivity contribution >= 4 is 5.84 Å². The summed E-state index contributed by atoms with van der Waals surface area (Å²) < 4.78 is 1.91. The second-order valence-electron chi connectivity index (χ2n) is 4.49.